The minimum absolute atomic E-state index is 0.0688. The minimum atomic E-state index is -0.763. The van der Waals surface area contributed by atoms with E-state index in [2.05, 4.69) is 4.98 Å². The van der Waals surface area contributed by atoms with Crippen molar-refractivity contribution in [1.29, 1.82) is 0 Å². The number of carbonyl (C=O) groups is 2. The van der Waals surface area contributed by atoms with Gasteiger partial charge in [-0.2, -0.15) is 0 Å². The minimum Gasteiger partial charge on any atom is -0.507 e. The fourth-order valence-corrected chi connectivity index (χ4v) is 4.80. The summed E-state index contributed by atoms with van der Waals surface area (Å²) in [5.41, 5.74) is 3.11. The second kappa shape index (κ2) is 7.49. The van der Waals surface area contributed by atoms with Crippen molar-refractivity contribution in [3.05, 3.63) is 101 Å². The number of rotatable bonds is 3. The van der Waals surface area contributed by atoms with E-state index < -0.39 is 17.7 Å². The Morgan fingerprint density at radius 1 is 0.935 bits per heavy atom. The highest BCUT2D eigenvalue weighted by molar-refractivity contribution is 7.22. The van der Waals surface area contributed by atoms with Gasteiger partial charge >= 0.3 is 5.91 Å². The topological polar surface area (TPSA) is 70.5 Å². The molecule has 1 amide bonds. The average Bonchev–Trinajstić information content (AvgIpc) is 3.33. The smallest absolute Gasteiger partial charge is 0.301 e. The molecule has 1 N–H and O–H groups in total. The molecule has 5 rings (SSSR count). The molecule has 1 aromatic heterocycles. The summed E-state index contributed by atoms with van der Waals surface area (Å²) in [5.74, 6) is -1.60. The molecule has 2 heterocycles. The number of thiazole rings is 1. The van der Waals surface area contributed by atoms with Crippen molar-refractivity contribution in [2.24, 2.45) is 0 Å². The van der Waals surface area contributed by atoms with Crippen LogP contribution < -0.4 is 4.90 Å². The summed E-state index contributed by atoms with van der Waals surface area (Å²) < 4.78 is 0.921. The SMILES string of the molecule is Cc1ccc([C@@H]2C(=C(O)c3ccccc3)C(=O)C(=O)N2c2nc3ccccc3s2)cc1. The van der Waals surface area contributed by atoms with Crippen LogP contribution in [0.4, 0.5) is 5.13 Å². The van der Waals surface area contributed by atoms with Crippen molar-refractivity contribution in [3.63, 3.8) is 0 Å². The Kier molecular flexibility index (Phi) is 4.64. The molecule has 0 aliphatic carbocycles. The van der Waals surface area contributed by atoms with E-state index in [-0.39, 0.29) is 11.3 Å². The average molecular weight is 426 g/mol. The Hall–Kier alpha value is -3.77. The molecule has 3 aromatic carbocycles. The number of benzene rings is 3. The zero-order chi connectivity index (χ0) is 21.5. The maximum Gasteiger partial charge on any atom is 0.301 e. The van der Waals surface area contributed by atoms with Crippen LogP contribution in [0.1, 0.15) is 22.7 Å². The summed E-state index contributed by atoms with van der Waals surface area (Å²) in [6.45, 7) is 1.97. The molecular formula is C25H18N2O3S. The first kappa shape index (κ1) is 19.2. The van der Waals surface area contributed by atoms with E-state index in [1.807, 2.05) is 61.5 Å². The van der Waals surface area contributed by atoms with E-state index in [0.717, 1.165) is 21.3 Å². The van der Waals surface area contributed by atoms with Gasteiger partial charge in [0.2, 0.25) is 0 Å². The maximum absolute atomic E-state index is 13.2. The molecule has 5 nitrogen and oxygen atoms in total. The molecule has 31 heavy (non-hydrogen) atoms. The van der Waals surface area contributed by atoms with E-state index in [1.165, 1.54) is 16.2 Å². The van der Waals surface area contributed by atoms with Crippen LogP contribution in [-0.2, 0) is 9.59 Å². The number of anilines is 1. The normalized spacial score (nSPS) is 18.1. The fourth-order valence-electron chi connectivity index (χ4n) is 3.81. The van der Waals surface area contributed by atoms with Gasteiger partial charge in [0.25, 0.3) is 5.78 Å². The second-order valence-electron chi connectivity index (χ2n) is 7.41. The number of Topliss-reactive ketones (excluding diaryl/α,β-unsaturated/α-hetero) is 1. The van der Waals surface area contributed by atoms with Gasteiger partial charge < -0.3 is 5.11 Å². The zero-order valence-corrected chi connectivity index (χ0v) is 17.5. The van der Waals surface area contributed by atoms with Crippen LogP contribution in [0.25, 0.3) is 16.0 Å². The first-order valence-electron chi connectivity index (χ1n) is 9.83. The lowest BCUT2D eigenvalue weighted by Crippen LogP contribution is -2.29. The van der Waals surface area contributed by atoms with E-state index in [1.54, 1.807) is 24.3 Å². The highest BCUT2D eigenvalue weighted by Crippen LogP contribution is 2.44. The Labute approximate surface area is 182 Å². The number of aryl methyl sites for hydroxylation is 1. The number of para-hydroxylation sites is 1. The monoisotopic (exact) mass is 426 g/mol. The quantitative estimate of drug-likeness (QED) is 0.277. The molecule has 152 valence electrons. The van der Waals surface area contributed by atoms with Gasteiger partial charge in [-0.25, -0.2) is 4.98 Å². The third-order valence-electron chi connectivity index (χ3n) is 5.37. The Morgan fingerprint density at radius 3 is 2.32 bits per heavy atom. The van der Waals surface area contributed by atoms with Crippen LogP contribution in [0, 0.1) is 6.92 Å². The number of ketones is 1. The Bertz CT molecular complexity index is 1310. The number of hydrogen-bond donors (Lipinski definition) is 1. The first-order chi connectivity index (χ1) is 15.0. The highest BCUT2D eigenvalue weighted by Gasteiger charge is 2.48. The van der Waals surface area contributed by atoms with Crippen molar-refractivity contribution in [1.82, 2.24) is 4.98 Å². The fraction of sp³-hybridized carbons (Fsp3) is 0.0800. The van der Waals surface area contributed by atoms with Crippen LogP contribution in [0.2, 0.25) is 0 Å². The molecule has 0 bridgehead atoms. The Balaban J connectivity index is 1.74. The molecule has 1 atom stereocenters. The zero-order valence-electron chi connectivity index (χ0n) is 16.6. The molecule has 1 saturated heterocycles. The van der Waals surface area contributed by atoms with Gasteiger partial charge in [0.1, 0.15) is 5.76 Å². The molecule has 0 radical (unpaired) electrons. The van der Waals surface area contributed by atoms with Crippen molar-refractivity contribution >= 4 is 44.1 Å². The van der Waals surface area contributed by atoms with Gasteiger partial charge in [-0.15, -0.1) is 0 Å². The molecule has 0 spiro atoms. The van der Waals surface area contributed by atoms with Gasteiger partial charge in [0.15, 0.2) is 5.13 Å². The first-order valence-corrected chi connectivity index (χ1v) is 10.6. The molecule has 1 aliphatic rings. The van der Waals surface area contributed by atoms with Crippen LogP contribution >= 0.6 is 11.3 Å². The number of carbonyl (C=O) groups excluding carboxylic acids is 2. The Morgan fingerprint density at radius 2 is 1.61 bits per heavy atom. The molecule has 0 saturated carbocycles. The number of hydrogen-bond acceptors (Lipinski definition) is 5. The second-order valence-corrected chi connectivity index (χ2v) is 8.42. The predicted octanol–water partition coefficient (Wildman–Crippen LogP) is 5.23. The van der Waals surface area contributed by atoms with E-state index in [9.17, 15) is 14.7 Å². The van der Waals surface area contributed by atoms with E-state index in [4.69, 9.17) is 0 Å². The summed E-state index contributed by atoms with van der Waals surface area (Å²) in [6, 6.07) is 23.3. The molecule has 4 aromatic rings. The molecule has 1 aliphatic heterocycles. The van der Waals surface area contributed by atoms with Gasteiger partial charge in [0, 0.05) is 5.56 Å². The number of nitrogens with zero attached hydrogens (tertiary/aromatic N) is 2. The van der Waals surface area contributed by atoms with Crippen LogP contribution in [0.5, 0.6) is 0 Å². The summed E-state index contributed by atoms with van der Waals surface area (Å²) >= 11 is 1.35. The predicted molar refractivity (Wildman–Crippen MR) is 122 cm³/mol. The number of aliphatic hydroxyl groups is 1. The summed E-state index contributed by atoms with van der Waals surface area (Å²) in [4.78, 5) is 32.3. The van der Waals surface area contributed by atoms with Crippen molar-refractivity contribution in [3.8, 4) is 0 Å². The summed E-state index contributed by atoms with van der Waals surface area (Å²) in [7, 11) is 0. The van der Waals surface area contributed by atoms with Crippen LogP contribution in [0.15, 0.2) is 84.4 Å². The third kappa shape index (κ3) is 3.21. The number of aliphatic hydroxyl groups excluding tert-OH is 1. The molecule has 0 unspecified atom stereocenters. The van der Waals surface area contributed by atoms with Gasteiger partial charge in [-0.1, -0.05) is 83.6 Å². The van der Waals surface area contributed by atoms with Gasteiger partial charge in [-0.05, 0) is 24.6 Å². The van der Waals surface area contributed by atoms with Crippen molar-refractivity contribution < 1.29 is 14.7 Å². The lowest BCUT2D eigenvalue weighted by molar-refractivity contribution is -0.132. The summed E-state index contributed by atoms with van der Waals surface area (Å²) in [6.07, 6.45) is 0. The van der Waals surface area contributed by atoms with Gasteiger partial charge in [-0.3, -0.25) is 14.5 Å². The highest BCUT2D eigenvalue weighted by atomic mass is 32.1. The van der Waals surface area contributed by atoms with E-state index in [0.29, 0.717) is 10.7 Å². The number of amides is 1. The lowest BCUT2D eigenvalue weighted by atomic mass is 9.95. The van der Waals surface area contributed by atoms with E-state index >= 15 is 0 Å². The third-order valence-corrected chi connectivity index (χ3v) is 6.41. The summed E-state index contributed by atoms with van der Waals surface area (Å²) in [5, 5.41) is 11.5. The lowest BCUT2D eigenvalue weighted by Gasteiger charge is -2.23. The largest absolute Gasteiger partial charge is 0.507 e. The van der Waals surface area contributed by atoms with Gasteiger partial charge in [0.05, 0.1) is 21.8 Å². The van der Waals surface area contributed by atoms with Crippen LogP contribution in [0.3, 0.4) is 0 Å². The number of fused-ring (bicyclic) bond motifs is 1. The molecule has 1 fully saturated rings. The van der Waals surface area contributed by atoms with Crippen molar-refractivity contribution in [2.75, 3.05) is 4.90 Å². The molecular weight excluding hydrogens is 408 g/mol. The maximum atomic E-state index is 13.2. The van der Waals surface area contributed by atoms with Crippen molar-refractivity contribution in [2.45, 2.75) is 13.0 Å². The van der Waals surface area contributed by atoms with Crippen LogP contribution in [-0.4, -0.2) is 21.8 Å². The number of aromatic nitrogens is 1. The molecule has 6 heteroatoms. The standard InChI is InChI=1S/C25H18N2O3S/c1-15-11-13-16(14-12-15)21-20(22(28)17-7-3-2-4-8-17)23(29)24(30)27(21)25-26-18-9-5-6-10-19(18)31-25/h2-14,21,28H,1H3/t21-/m1/s1.